The first kappa shape index (κ1) is 14.4. The van der Waals surface area contributed by atoms with Crippen molar-refractivity contribution in [3.05, 3.63) is 63.5 Å². The van der Waals surface area contributed by atoms with Gasteiger partial charge in [0, 0.05) is 11.8 Å². The molecule has 7 nitrogen and oxygen atoms in total. The van der Waals surface area contributed by atoms with Crippen molar-refractivity contribution >= 4 is 11.7 Å². The van der Waals surface area contributed by atoms with Crippen LogP contribution in [0.4, 0.5) is 5.69 Å². The van der Waals surface area contributed by atoms with Gasteiger partial charge in [0.25, 0.3) is 0 Å². The van der Waals surface area contributed by atoms with Crippen LogP contribution < -0.4 is 4.74 Å². The lowest BCUT2D eigenvalue weighted by Gasteiger charge is -2.08. The van der Waals surface area contributed by atoms with Crippen LogP contribution in [0.2, 0.25) is 0 Å². The van der Waals surface area contributed by atoms with E-state index in [9.17, 15) is 14.9 Å². The molecule has 2 aromatic rings. The zero-order chi connectivity index (χ0) is 15.4. The second-order valence-electron chi connectivity index (χ2n) is 4.32. The largest absolute Gasteiger partial charge is 0.482 e. The smallest absolute Gasteiger partial charge is 0.354 e. The molecule has 0 aliphatic carbocycles. The highest BCUT2D eigenvalue weighted by molar-refractivity contribution is 5.85. The molecule has 0 saturated carbocycles. The van der Waals surface area contributed by atoms with Crippen molar-refractivity contribution in [1.82, 2.24) is 4.98 Å². The van der Waals surface area contributed by atoms with Gasteiger partial charge in [0.1, 0.15) is 12.3 Å². The summed E-state index contributed by atoms with van der Waals surface area (Å²) in [4.78, 5) is 25.0. The number of ether oxygens (including phenoxy) is 1. The van der Waals surface area contributed by atoms with E-state index in [0.717, 1.165) is 0 Å². The summed E-state index contributed by atoms with van der Waals surface area (Å²) in [5.74, 6) is -0.993. The molecule has 0 radical (unpaired) electrons. The lowest BCUT2D eigenvalue weighted by atomic mass is 10.2. The predicted octanol–water partition coefficient (Wildman–Crippen LogP) is 2.58. The number of aromatic nitrogens is 1. The molecule has 0 fully saturated rings. The van der Waals surface area contributed by atoms with Gasteiger partial charge in [-0.25, -0.2) is 9.78 Å². The lowest BCUT2D eigenvalue weighted by Crippen LogP contribution is -2.04. The van der Waals surface area contributed by atoms with E-state index in [-0.39, 0.29) is 23.7 Å². The number of carboxylic acids is 1. The highest BCUT2D eigenvalue weighted by atomic mass is 16.6. The Morgan fingerprint density at radius 2 is 2.19 bits per heavy atom. The fourth-order valence-electron chi connectivity index (χ4n) is 1.82. The normalized spacial score (nSPS) is 10.1. The number of benzene rings is 1. The van der Waals surface area contributed by atoms with Crippen molar-refractivity contribution in [1.29, 1.82) is 0 Å². The number of nitro benzene ring substituents is 1. The minimum Gasteiger partial charge on any atom is -0.482 e. The number of aryl methyl sites for hydroxylation is 1. The van der Waals surface area contributed by atoms with Crippen molar-refractivity contribution in [3.8, 4) is 5.75 Å². The average molecular weight is 288 g/mol. The second kappa shape index (κ2) is 6.00. The molecule has 0 amide bonds. The number of rotatable bonds is 5. The number of nitro groups is 1. The van der Waals surface area contributed by atoms with E-state index >= 15 is 0 Å². The first-order chi connectivity index (χ1) is 9.99. The lowest BCUT2D eigenvalue weighted by molar-refractivity contribution is -0.386. The minimum atomic E-state index is -1.14. The van der Waals surface area contributed by atoms with Crippen molar-refractivity contribution in [3.63, 3.8) is 0 Å². The summed E-state index contributed by atoms with van der Waals surface area (Å²) in [5.41, 5.74) is 0.872. The van der Waals surface area contributed by atoms with Crippen LogP contribution in [0.5, 0.6) is 5.75 Å². The summed E-state index contributed by atoms with van der Waals surface area (Å²) in [5, 5.41) is 19.9. The fourth-order valence-corrected chi connectivity index (χ4v) is 1.82. The minimum absolute atomic E-state index is 0.0209. The zero-order valence-corrected chi connectivity index (χ0v) is 11.1. The number of para-hydroxylation sites is 1. The summed E-state index contributed by atoms with van der Waals surface area (Å²) < 4.78 is 5.44. The van der Waals surface area contributed by atoms with E-state index in [2.05, 4.69) is 4.98 Å². The Morgan fingerprint density at radius 3 is 2.86 bits per heavy atom. The van der Waals surface area contributed by atoms with E-state index < -0.39 is 10.9 Å². The highest BCUT2D eigenvalue weighted by Gasteiger charge is 2.18. The van der Waals surface area contributed by atoms with Crippen molar-refractivity contribution in [2.24, 2.45) is 0 Å². The Balaban J connectivity index is 2.21. The molecular formula is C14H12N2O5. The van der Waals surface area contributed by atoms with Gasteiger partial charge in [-0.15, -0.1) is 0 Å². The molecule has 0 aliphatic heterocycles. The summed E-state index contributed by atoms with van der Waals surface area (Å²) in [6.07, 6.45) is 1.35. The quantitative estimate of drug-likeness (QED) is 0.670. The molecule has 1 N–H and O–H groups in total. The van der Waals surface area contributed by atoms with Crippen LogP contribution in [0.1, 0.15) is 21.6 Å². The molecule has 0 atom stereocenters. The van der Waals surface area contributed by atoms with E-state index in [1.807, 2.05) is 0 Å². The Bertz CT molecular complexity index is 700. The maximum atomic E-state index is 11.0. The molecule has 1 aromatic heterocycles. The molecule has 1 aromatic carbocycles. The van der Waals surface area contributed by atoms with Gasteiger partial charge in [-0.1, -0.05) is 12.1 Å². The van der Waals surface area contributed by atoms with E-state index in [1.165, 1.54) is 18.3 Å². The van der Waals surface area contributed by atoms with E-state index in [4.69, 9.17) is 9.84 Å². The number of carbonyl (C=O) groups is 1. The Labute approximate surface area is 120 Å². The van der Waals surface area contributed by atoms with Gasteiger partial charge in [-0.3, -0.25) is 10.1 Å². The van der Waals surface area contributed by atoms with Gasteiger partial charge in [-0.2, -0.15) is 0 Å². The maximum absolute atomic E-state index is 11.0. The Kier molecular flexibility index (Phi) is 4.13. The molecule has 7 heteroatoms. The summed E-state index contributed by atoms with van der Waals surface area (Å²) in [7, 11) is 0. The maximum Gasteiger partial charge on any atom is 0.354 e. The van der Waals surface area contributed by atoms with Crippen LogP contribution in [0, 0.1) is 17.0 Å². The standard InChI is InChI=1S/C14H12N2O5/c1-9-3-2-4-12(13(9)16(19)20)21-8-10-5-6-15-11(7-10)14(17)18/h2-7H,8H2,1H3,(H,17,18). The molecule has 0 bridgehead atoms. The molecule has 21 heavy (non-hydrogen) atoms. The molecule has 1 heterocycles. The van der Waals surface area contributed by atoms with Gasteiger partial charge >= 0.3 is 11.7 Å². The van der Waals surface area contributed by atoms with Gasteiger partial charge in [0.15, 0.2) is 5.75 Å². The molecule has 108 valence electrons. The molecule has 2 rings (SSSR count). The third kappa shape index (κ3) is 3.33. The zero-order valence-electron chi connectivity index (χ0n) is 11.1. The molecule has 0 unspecified atom stereocenters. The van der Waals surface area contributed by atoms with Crippen molar-refractivity contribution in [2.75, 3.05) is 0 Å². The fraction of sp³-hybridized carbons (Fsp3) is 0.143. The first-order valence-electron chi connectivity index (χ1n) is 6.04. The van der Waals surface area contributed by atoms with Crippen LogP contribution in [-0.2, 0) is 6.61 Å². The van der Waals surface area contributed by atoms with Gasteiger partial charge in [0.05, 0.1) is 4.92 Å². The Hall–Kier alpha value is -2.96. The third-order valence-electron chi connectivity index (χ3n) is 2.82. The topological polar surface area (TPSA) is 103 Å². The predicted molar refractivity (Wildman–Crippen MR) is 73.4 cm³/mol. The van der Waals surface area contributed by atoms with E-state index in [1.54, 1.807) is 25.1 Å². The summed E-state index contributed by atoms with van der Waals surface area (Å²) in [6.45, 7) is 1.65. The molecular weight excluding hydrogens is 276 g/mol. The summed E-state index contributed by atoms with van der Waals surface area (Å²) in [6, 6.07) is 7.75. The molecule has 0 saturated heterocycles. The third-order valence-corrected chi connectivity index (χ3v) is 2.82. The van der Waals surface area contributed by atoms with Crippen LogP contribution in [0.25, 0.3) is 0 Å². The van der Waals surface area contributed by atoms with Gasteiger partial charge < -0.3 is 9.84 Å². The monoisotopic (exact) mass is 288 g/mol. The summed E-state index contributed by atoms with van der Waals surface area (Å²) >= 11 is 0. The van der Waals surface area contributed by atoms with Crippen molar-refractivity contribution in [2.45, 2.75) is 13.5 Å². The van der Waals surface area contributed by atoms with E-state index in [0.29, 0.717) is 11.1 Å². The highest BCUT2D eigenvalue weighted by Crippen LogP contribution is 2.30. The SMILES string of the molecule is Cc1cccc(OCc2ccnc(C(=O)O)c2)c1[N+](=O)[O-]. The molecule has 0 aliphatic rings. The van der Waals surface area contributed by atoms with Crippen LogP contribution in [-0.4, -0.2) is 21.0 Å². The number of aromatic carboxylic acids is 1. The van der Waals surface area contributed by atoms with Crippen LogP contribution in [0.3, 0.4) is 0 Å². The number of pyridine rings is 1. The van der Waals surface area contributed by atoms with Crippen LogP contribution >= 0.6 is 0 Å². The van der Waals surface area contributed by atoms with Crippen LogP contribution in [0.15, 0.2) is 36.5 Å². The number of hydrogen-bond acceptors (Lipinski definition) is 5. The second-order valence-corrected chi connectivity index (χ2v) is 4.32. The Morgan fingerprint density at radius 1 is 1.43 bits per heavy atom. The number of nitrogens with zero attached hydrogens (tertiary/aromatic N) is 2. The number of carboxylic acid groups (broad SMARTS) is 1. The number of hydrogen-bond donors (Lipinski definition) is 1. The average Bonchev–Trinajstić information content (AvgIpc) is 2.45. The van der Waals surface area contributed by atoms with Gasteiger partial charge in [0.2, 0.25) is 0 Å². The van der Waals surface area contributed by atoms with Crippen molar-refractivity contribution < 1.29 is 19.6 Å². The van der Waals surface area contributed by atoms with Gasteiger partial charge in [-0.05, 0) is 30.7 Å². The molecule has 0 spiro atoms. The first-order valence-corrected chi connectivity index (χ1v) is 6.04.